The molecule has 0 aromatic heterocycles. The number of carbonyl (C=O) groups excluding carboxylic acids is 1. The van der Waals surface area contributed by atoms with E-state index in [0.29, 0.717) is 6.61 Å². The monoisotopic (exact) mass is 278 g/mol. The molecule has 112 valence electrons. The average Bonchev–Trinajstić information content (AvgIpc) is 2.39. The molecule has 0 amide bonds. The third kappa shape index (κ3) is 3.21. The van der Waals surface area contributed by atoms with Gasteiger partial charge >= 0.3 is 5.97 Å². The molecule has 0 saturated carbocycles. The van der Waals surface area contributed by atoms with Gasteiger partial charge in [0.1, 0.15) is 5.60 Å². The lowest BCUT2D eigenvalue weighted by Crippen LogP contribution is -2.46. The molecule has 0 fully saturated rings. The topological polar surface area (TPSA) is 46.5 Å². The van der Waals surface area contributed by atoms with Crippen LogP contribution in [0.15, 0.2) is 24.3 Å². The van der Waals surface area contributed by atoms with Gasteiger partial charge in [-0.2, -0.15) is 0 Å². The fraction of sp³-hybridized carbons (Fsp3) is 0.588. The van der Waals surface area contributed by atoms with Crippen LogP contribution in [0, 0.1) is 5.41 Å². The molecule has 20 heavy (non-hydrogen) atoms. The summed E-state index contributed by atoms with van der Waals surface area (Å²) in [6.07, 6.45) is 2.10. The summed E-state index contributed by atoms with van der Waals surface area (Å²) in [4.78, 5) is 12.1. The molecule has 0 saturated heterocycles. The second-order valence-corrected chi connectivity index (χ2v) is 5.86. The van der Waals surface area contributed by atoms with Gasteiger partial charge in [0, 0.05) is 0 Å². The van der Waals surface area contributed by atoms with Gasteiger partial charge in [-0.15, -0.1) is 0 Å². The van der Waals surface area contributed by atoms with Gasteiger partial charge < -0.3 is 9.84 Å². The quantitative estimate of drug-likeness (QED) is 0.811. The molecule has 1 atom stereocenters. The highest BCUT2D eigenvalue weighted by molar-refractivity contribution is 5.77. The van der Waals surface area contributed by atoms with Gasteiger partial charge in [0.2, 0.25) is 0 Å². The zero-order valence-electron chi connectivity index (χ0n) is 13.2. The number of hydrogen-bond donors (Lipinski definition) is 1. The molecule has 0 bridgehead atoms. The van der Waals surface area contributed by atoms with Crippen LogP contribution in [-0.2, 0) is 21.6 Å². The molecule has 0 heterocycles. The van der Waals surface area contributed by atoms with Gasteiger partial charge in [0.25, 0.3) is 0 Å². The first-order chi connectivity index (χ1) is 9.27. The van der Waals surface area contributed by atoms with Crippen molar-refractivity contribution < 1.29 is 14.6 Å². The van der Waals surface area contributed by atoms with Crippen LogP contribution in [0.4, 0.5) is 0 Å². The van der Waals surface area contributed by atoms with Crippen LogP contribution in [0.25, 0.3) is 0 Å². The minimum absolute atomic E-state index is 0.313. The third-order valence-corrected chi connectivity index (χ3v) is 4.06. The van der Waals surface area contributed by atoms with Gasteiger partial charge in [-0.05, 0) is 45.2 Å². The second-order valence-electron chi connectivity index (χ2n) is 5.86. The SMILES string of the molecule is CCCc1ccc(C(C)(O)C(C)(C)C(=O)OCC)cc1. The van der Waals surface area contributed by atoms with E-state index in [1.165, 1.54) is 5.56 Å². The number of aryl methyl sites for hydroxylation is 1. The maximum Gasteiger partial charge on any atom is 0.314 e. The highest BCUT2D eigenvalue weighted by atomic mass is 16.5. The summed E-state index contributed by atoms with van der Waals surface area (Å²) in [6, 6.07) is 7.81. The van der Waals surface area contributed by atoms with Crippen LogP contribution >= 0.6 is 0 Å². The van der Waals surface area contributed by atoms with Crippen molar-refractivity contribution in [3.63, 3.8) is 0 Å². The van der Waals surface area contributed by atoms with Crippen molar-refractivity contribution >= 4 is 5.97 Å². The summed E-state index contributed by atoms with van der Waals surface area (Å²) in [6.45, 7) is 9.30. The van der Waals surface area contributed by atoms with Crippen LogP contribution in [0.2, 0.25) is 0 Å². The van der Waals surface area contributed by atoms with Crippen molar-refractivity contribution in [2.24, 2.45) is 5.41 Å². The van der Waals surface area contributed by atoms with Gasteiger partial charge in [0.05, 0.1) is 12.0 Å². The third-order valence-electron chi connectivity index (χ3n) is 4.06. The Kier molecular flexibility index (Phi) is 5.35. The van der Waals surface area contributed by atoms with E-state index in [9.17, 15) is 9.90 Å². The minimum atomic E-state index is -1.27. The first-order valence-electron chi connectivity index (χ1n) is 7.26. The molecule has 1 unspecified atom stereocenters. The molecule has 1 aromatic rings. The molecule has 3 heteroatoms. The van der Waals surface area contributed by atoms with Crippen molar-refractivity contribution in [2.75, 3.05) is 6.61 Å². The van der Waals surface area contributed by atoms with Gasteiger partial charge in [-0.1, -0.05) is 37.6 Å². The van der Waals surface area contributed by atoms with E-state index in [0.717, 1.165) is 18.4 Å². The smallest absolute Gasteiger partial charge is 0.314 e. The predicted octanol–water partition coefficient (Wildman–Crippen LogP) is 3.44. The van der Waals surface area contributed by atoms with Gasteiger partial charge in [-0.25, -0.2) is 0 Å². The van der Waals surface area contributed by atoms with Crippen molar-refractivity contribution in [1.29, 1.82) is 0 Å². The Bertz CT molecular complexity index is 444. The van der Waals surface area contributed by atoms with Crippen molar-refractivity contribution in [1.82, 2.24) is 0 Å². The molecular formula is C17H26O3. The lowest BCUT2D eigenvalue weighted by Gasteiger charge is -2.38. The first kappa shape index (κ1) is 16.7. The number of benzene rings is 1. The Labute approximate surface area is 122 Å². The molecule has 0 aliphatic heterocycles. The van der Waals surface area contributed by atoms with Crippen LogP contribution in [0.1, 0.15) is 52.2 Å². The molecular weight excluding hydrogens is 252 g/mol. The number of aliphatic hydroxyl groups is 1. The molecule has 0 aliphatic rings. The standard InChI is InChI=1S/C17H26O3/c1-6-8-13-9-11-14(12-10-13)17(5,19)16(3,4)15(18)20-7-2/h9-12,19H,6-8H2,1-5H3. The van der Waals surface area contributed by atoms with E-state index in [-0.39, 0.29) is 5.97 Å². The van der Waals surface area contributed by atoms with Crippen LogP contribution < -0.4 is 0 Å². The first-order valence-corrected chi connectivity index (χ1v) is 7.26. The zero-order chi connectivity index (χ0) is 15.4. The van der Waals surface area contributed by atoms with Crippen LogP contribution in [-0.4, -0.2) is 17.7 Å². The average molecular weight is 278 g/mol. The van der Waals surface area contributed by atoms with E-state index in [1.54, 1.807) is 27.7 Å². The maximum atomic E-state index is 12.1. The van der Waals surface area contributed by atoms with Crippen molar-refractivity contribution in [3.8, 4) is 0 Å². The normalized spacial score (nSPS) is 14.7. The highest BCUT2D eigenvalue weighted by Crippen LogP contribution is 2.40. The number of ether oxygens (including phenoxy) is 1. The number of rotatable bonds is 6. The number of esters is 1. The fourth-order valence-corrected chi connectivity index (χ4v) is 2.16. The minimum Gasteiger partial charge on any atom is -0.465 e. The predicted molar refractivity (Wildman–Crippen MR) is 80.4 cm³/mol. The molecule has 0 radical (unpaired) electrons. The summed E-state index contributed by atoms with van der Waals surface area (Å²) < 4.78 is 5.08. The Morgan fingerprint density at radius 3 is 2.15 bits per heavy atom. The largest absolute Gasteiger partial charge is 0.465 e. The molecule has 1 rings (SSSR count). The van der Waals surface area contributed by atoms with E-state index < -0.39 is 11.0 Å². The summed E-state index contributed by atoms with van der Waals surface area (Å²) in [7, 11) is 0. The second kappa shape index (κ2) is 6.40. The van der Waals surface area contributed by atoms with Crippen molar-refractivity contribution in [3.05, 3.63) is 35.4 Å². The zero-order valence-corrected chi connectivity index (χ0v) is 13.2. The van der Waals surface area contributed by atoms with Crippen molar-refractivity contribution in [2.45, 2.75) is 53.1 Å². The molecule has 0 aliphatic carbocycles. The van der Waals surface area contributed by atoms with Gasteiger partial charge in [-0.3, -0.25) is 4.79 Å². The van der Waals surface area contributed by atoms with E-state index in [4.69, 9.17) is 4.74 Å². The molecule has 3 nitrogen and oxygen atoms in total. The van der Waals surface area contributed by atoms with Gasteiger partial charge in [0.15, 0.2) is 0 Å². The molecule has 1 N–H and O–H groups in total. The number of hydrogen-bond acceptors (Lipinski definition) is 3. The summed E-state index contributed by atoms with van der Waals surface area (Å²) in [5.41, 5.74) is -0.310. The highest BCUT2D eigenvalue weighted by Gasteiger charge is 2.47. The van der Waals surface area contributed by atoms with Crippen LogP contribution in [0.5, 0.6) is 0 Å². The number of carbonyl (C=O) groups is 1. The summed E-state index contributed by atoms with van der Waals surface area (Å²) >= 11 is 0. The molecule has 1 aromatic carbocycles. The van der Waals surface area contributed by atoms with Crippen LogP contribution in [0.3, 0.4) is 0 Å². The summed E-state index contributed by atoms with van der Waals surface area (Å²) in [5.74, 6) is -0.386. The lowest BCUT2D eigenvalue weighted by molar-refractivity contribution is -0.170. The van der Waals surface area contributed by atoms with E-state index in [2.05, 4.69) is 6.92 Å². The lowest BCUT2D eigenvalue weighted by atomic mass is 9.72. The van der Waals surface area contributed by atoms with E-state index in [1.807, 2.05) is 24.3 Å². The Morgan fingerprint density at radius 1 is 1.15 bits per heavy atom. The van der Waals surface area contributed by atoms with E-state index >= 15 is 0 Å². The fourth-order valence-electron chi connectivity index (χ4n) is 2.16. The Hall–Kier alpha value is -1.35. The Balaban J connectivity index is 3.05. The maximum absolute atomic E-state index is 12.1. The Morgan fingerprint density at radius 2 is 1.70 bits per heavy atom. The molecule has 0 spiro atoms. The summed E-state index contributed by atoms with van der Waals surface area (Å²) in [5, 5.41) is 10.8.